The molecule has 0 heterocycles. The van der Waals surface area contributed by atoms with Crippen LogP contribution in [0.25, 0.3) is 0 Å². The van der Waals surface area contributed by atoms with Crippen molar-refractivity contribution in [3.05, 3.63) is 29.6 Å². The van der Waals surface area contributed by atoms with Crippen LogP contribution in [0.4, 0.5) is 4.39 Å². The van der Waals surface area contributed by atoms with Gasteiger partial charge in [-0.3, -0.25) is 0 Å². The molecule has 2 nitrogen and oxygen atoms in total. The third-order valence-electron chi connectivity index (χ3n) is 2.52. The lowest BCUT2D eigenvalue weighted by molar-refractivity contribution is 0.334. The molecule has 4 heteroatoms. The predicted molar refractivity (Wildman–Crippen MR) is 81.5 cm³/mol. The zero-order valence-electron chi connectivity index (χ0n) is 12.3. The zero-order chi connectivity index (χ0) is 14.3. The molecule has 0 fully saturated rings. The summed E-state index contributed by atoms with van der Waals surface area (Å²) in [4.78, 5) is 0. The zero-order valence-corrected chi connectivity index (χ0v) is 13.1. The fraction of sp³-hybridized carbons (Fsp3) is 0.600. The third kappa shape index (κ3) is 6.83. The molecule has 1 N–H and O–H groups in total. The van der Waals surface area contributed by atoms with E-state index < -0.39 is 0 Å². The van der Waals surface area contributed by atoms with E-state index in [1.54, 1.807) is 12.1 Å². The van der Waals surface area contributed by atoms with Crippen molar-refractivity contribution in [2.75, 3.05) is 18.1 Å². The molecule has 0 aliphatic carbocycles. The van der Waals surface area contributed by atoms with Gasteiger partial charge in [0, 0.05) is 23.4 Å². The average Bonchev–Trinajstić information content (AvgIpc) is 2.33. The quantitative estimate of drug-likeness (QED) is 0.769. The van der Waals surface area contributed by atoms with Crippen LogP contribution in [0, 0.1) is 5.82 Å². The Labute approximate surface area is 120 Å². The van der Waals surface area contributed by atoms with E-state index >= 15 is 0 Å². The van der Waals surface area contributed by atoms with Gasteiger partial charge in [0.05, 0.1) is 6.61 Å². The summed E-state index contributed by atoms with van der Waals surface area (Å²) in [5, 5.41) is 3.36. The summed E-state index contributed by atoms with van der Waals surface area (Å²) in [6.07, 6.45) is 0. The fourth-order valence-corrected chi connectivity index (χ4v) is 2.03. The van der Waals surface area contributed by atoms with Gasteiger partial charge < -0.3 is 10.1 Å². The number of ether oxygens (including phenoxy) is 1. The summed E-state index contributed by atoms with van der Waals surface area (Å²) in [7, 11) is 0. The van der Waals surface area contributed by atoms with Crippen molar-refractivity contribution in [3.63, 3.8) is 0 Å². The van der Waals surface area contributed by atoms with Crippen LogP contribution >= 0.6 is 11.8 Å². The molecule has 19 heavy (non-hydrogen) atoms. The van der Waals surface area contributed by atoms with E-state index in [1.165, 1.54) is 6.07 Å². The second kappa shape index (κ2) is 7.75. The van der Waals surface area contributed by atoms with Gasteiger partial charge in [-0.2, -0.15) is 11.8 Å². The molecular weight excluding hydrogens is 261 g/mol. The molecule has 0 aliphatic heterocycles. The number of thioether (sulfide) groups is 1. The standard InChI is InChI=1S/C15H24FNOS/c1-5-19-9-8-18-14-7-6-13(16)10-12(14)11-17-15(2,3)4/h6-7,10,17H,5,8-9,11H2,1-4H3. The third-order valence-corrected chi connectivity index (χ3v) is 3.38. The Hall–Kier alpha value is -0.740. The Kier molecular flexibility index (Phi) is 6.66. The first-order chi connectivity index (χ1) is 8.92. The van der Waals surface area contributed by atoms with Gasteiger partial charge in [0.2, 0.25) is 0 Å². The highest BCUT2D eigenvalue weighted by Crippen LogP contribution is 2.21. The highest BCUT2D eigenvalue weighted by atomic mass is 32.2. The first kappa shape index (κ1) is 16.3. The van der Waals surface area contributed by atoms with E-state index in [0.717, 1.165) is 22.8 Å². The molecule has 108 valence electrons. The summed E-state index contributed by atoms with van der Waals surface area (Å²) in [5.41, 5.74) is 0.873. The maximum atomic E-state index is 13.3. The van der Waals surface area contributed by atoms with E-state index in [9.17, 15) is 4.39 Å². The summed E-state index contributed by atoms with van der Waals surface area (Å²) in [6.45, 7) is 9.66. The lowest BCUT2D eigenvalue weighted by Gasteiger charge is -2.21. The van der Waals surface area contributed by atoms with Crippen molar-refractivity contribution >= 4 is 11.8 Å². The highest BCUT2D eigenvalue weighted by molar-refractivity contribution is 7.99. The Morgan fingerprint density at radius 3 is 2.68 bits per heavy atom. The van der Waals surface area contributed by atoms with Gasteiger partial charge in [-0.25, -0.2) is 4.39 Å². The minimum atomic E-state index is -0.221. The average molecular weight is 285 g/mol. The molecule has 0 radical (unpaired) electrons. The van der Waals surface area contributed by atoms with Crippen molar-refractivity contribution < 1.29 is 9.13 Å². The number of hydrogen-bond donors (Lipinski definition) is 1. The van der Waals surface area contributed by atoms with Crippen molar-refractivity contribution in [3.8, 4) is 5.75 Å². The second-order valence-electron chi connectivity index (χ2n) is 5.40. The summed E-state index contributed by atoms with van der Waals surface area (Å²) >= 11 is 1.84. The maximum Gasteiger partial charge on any atom is 0.124 e. The van der Waals surface area contributed by atoms with Crippen LogP contribution in [0.3, 0.4) is 0 Å². The Morgan fingerprint density at radius 2 is 2.05 bits per heavy atom. The minimum Gasteiger partial charge on any atom is -0.492 e. The predicted octanol–water partition coefficient (Wildman–Crippen LogP) is 3.85. The second-order valence-corrected chi connectivity index (χ2v) is 6.79. The molecule has 0 atom stereocenters. The molecule has 1 aromatic rings. The molecule has 0 aromatic heterocycles. The van der Waals surface area contributed by atoms with E-state index in [-0.39, 0.29) is 11.4 Å². The Bertz CT molecular complexity index is 390. The van der Waals surface area contributed by atoms with Crippen LogP contribution in [0.15, 0.2) is 18.2 Å². The largest absolute Gasteiger partial charge is 0.492 e. The van der Waals surface area contributed by atoms with E-state index in [4.69, 9.17) is 4.74 Å². The van der Waals surface area contributed by atoms with Gasteiger partial charge in [0.25, 0.3) is 0 Å². The van der Waals surface area contributed by atoms with Gasteiger partial charge in [0.15, 0.2) is 0 Å². The van der Waals surface area contributed by atoms with Crippen LogP contribution in [0.2, 0.25) is 0 Å². The van der Waals surface area contributed by atoms with E-state index in [1.807, 2.05) is 11.8 Å². The molecule has 0 saturated heterocycles. The summed E-state index contributed by atoms with van der Waals surface area (Å²) in [6, 6.07) is 4.70. The molecule has 0 amide bonds. The van der Waals surface area contributed by atoms with Gasteiger partial charge in [-0.1, -0.05) is 6.92 Å². The van der Waals surface area contributed by atoms with Crippen molar-refractivity contribution in [1.29, 1.82) is 0 Å². The van der Waals surface area contributed by atoms with Crippen LogP contribution in [0.1, 0.15) is 33.3 Å². The SMILES string of the molecule is CCSCCOc1ccc(F)cc1CNC(C)(C)C. The Balaban J connectivity index is 2.63. The Morgan fingerprint density at radius 1 is 1.32 bits per heavy atom. The number of halogens is 1. The van der Waals surface area contributed by atoms with Gasteiger partial charge in [0.1, 0.15) is 11.6 Å². The topological polar surface area (TPSA) is 21.3 Å². The lowest BCUT2D eigenvalue weighted by atomic mass is 10.1. The van der Waals surface area contributed by atoms with Crippen molar-refractivity contribution in [2.24, 2.45) is 0 Å². The normalized spacial score (nSPS) is 11.6. The van der Waals surface area contributed by atoms with E-state index in [0.29, 0.717) is 13.2 Å². The number of benzene rings is 1. The van der Waals surface area contributed by atoms with Gasteiger partial charge in [-0.05, 0) is 44.7 Å². The van der Waals surface area contributed by atoms with Crippen LogP contribution in [0.5, 0.6) is 5.75 Å². The number of nitrogens with one attached hydrogen (secondary N) is 1. The van der Waals surface area contributed by atoms with Gasteiger partial charge in [-0.15, -0.1) is 0 Å². The number of rotatable bonds is 7. The molecular formula is C15H24FNOS. The van der Waals surface area contributed by atoms with Gasteiger partial charge >= 0.3 is 0 Å². The van der Waals surface area contributed by atoms with Crippen LogP contribution < -0.4 is 10.1 Å². The smallest absolute Gasteiger partial charge is 0.124 e. The summed E-state index contributed by atoms with van der Waals surface area (Å²) < 4.78 is 19.1. The lowest BCUT2D eigenvalue weighted by Crippen LogP contribution is -2.35. The molecule has 0 spiro atoms. The molecule has 0 aliphatic rings. The fourth-order valence-electron chi connectivity index (χ4n) is 1.54. The summed E-state index contributed by atoms with van der Waals surface area (Å²) in [5.74, 6) is 2.60. The van der Waals surface area contributed by atoms with Crippen LogP contribution in [-0.4, -0.2) is 23.7 Å². The molecule has 0 bridgehead atoms. The van der Waals surface area contributed by atoms with Crippen molar-refractivity contribution in [2.45, 2.75) is 39.8 Å². The maximum absolute atomic E-state index is 13.3. The van der Waals surface area contributed by atoms with Crippen molar-refractivity contribution in [1.82, 2.24) is 5.32 Å². The van der Waals surface area contributed by atoms with Crippen LogP contribution in [-0.2, 0) is 6.54 Å². The first-order valence-electron chi connectivity index (χ1n) is 6.66. The van der Waals surface area contributed by atoms with E-state index in [2.05, 4.69) is 33.0 Å². The monoisotopic (exact) mass is 285 g/mol. The molecule has 1 aromatic carbocycles. The highest BCUT2D eigenvalue weighted by Gasteiger charge is 2.11. The number of hydrogen-bond acceptors (Lipinski definition) is 3. The molecule has 1 rings (SSSR count). The minimum absolute atomic E-state index is 0.00164. The first-order valence-corrected chi connectivity index (χ1v) is 7.82. The molecule has 0 saturated carbocycles. The molecule has 0 unspecified atom stereocenters.